The largest absolute Gasteiger partial charge is 0.446 e. The van der Waals surface area contributed by atoms with Crippen LogP contribution in [0.15, 0.2) is 53.9 Å². The molecule has 2 N–H and O–H groups in total. The number of methoxy groups -OCH3 is 1. The molecule has 0 aromatic heterocycles. The van der Waals surface area contributed by atoms with Crippen LogP contribution in [0, 0.1) is 17.2 Å². The van der Waals surface area contributed by atoms with Crippen molar-refractivity contribution in [1.82, 2.24) is 4.90 Å². The zero-order valence-corrected chi connectivity index (χ0v) is 15.8. The summed E-state index contributed by atoms with van der Waals surface area (Å²) in [5, 5.41) is 12.2. The Hall–Kier alpha value is -2.55. The number of rotatable bonds is 3. The summed E-state index contributed by atoms with van der Waals surface area (Å²) in [6, 6.07) is 17.0. The summed E-state index contributed by atoms with van der Waals surface area (Å²) in [5.41, 5.74) is 7.79. The standard InChI is InChI=1S/C22H25N3O2/c1-3-25-11-10-22(26-2)19(14-25)20(18(13-23)21(24)27-22)17-9-8-15-6-4-5-7-16(15)12-17/h4-9,12,19-20H,3,10-11,14,24H2,1-2H3/t19-,20+,22+/m0/s1. The summed E-state index contributed by atoms with van der Waals surface area (Å²) < 4.78 is 12.0. The summed E-state index contributed by atoms with van der Waals surface area (Å²) in [6.07, 6.45) is 0.728. The molecule has 0 aliphatic carbocycles. The number of nitriles is 1. The third-order valence-electron chi connectivity index (χ3n) is 6.10. The smallest absolute Gasteiger partial charge is 0.218 e. The van der Waals surface area contributed by atoms with E-state index in [1.54, 1.807) is 7.11 Å². The summed E-state index contributed by atoms with van der Waals surface area (Å²) in [7, 11) is 1.68. The molecule has 0 saturated carbocycles. The van der Waals surface area contributed by atoms with Gasteiger partial charge in [-0.15, -0.1) is 0 Å². The molecular weight excluding hydrogens is 338 g/mol. The molecule has 4 rings (SSSR count). The van der Waals surface area contributed by atoms with Gasteiger partial charge in [-0.25, -0.2) is 0 Å². The Bertz CT molecular complexity index is 933. The van der Waals surface area contributed by atoms with Crippen LogP contribution in [-0.4, -0.2) is 37.4 Å². The molecule has 0 radical (unpaired) electrons. The van der Waals surface area contributed by atoms with Gasteiger partial charge in [0.1, 0.15) is 6.07 Å². The van der Waals surface area contributed by atoms with Gasteiger partial charge in [0.15, 0.2) is 0 Å². The zero-order chi connectivity index (χ0) is 19.0. The maximum atomic E-state index is 9.85. The lowest BCUT2D eigenvalue weighted by Gasteiger charge is -2.51. The first kappa shape index (κ1) is 17.8. The Kier molecular flexibility index (Phi) is 4.55. The fraction of sp³-hybridized carbons (Fsp3) is 0.409. The summed E-state index contributed by atoms with van der Waals surface area (Å²) >= 11 is 0. The van der Waals surface area contributed by atoms with Gasteiger partial charge in [0.05, 0.1) is 5.57 Å². The first-order chi connectivity index (χ1) is 13.1. The van der Waals surface area contributed by atoms with Crippen molar-refractivity contribution in [1.29, 1.82) is 5.26 Å². The second kappa shape index (κ2) is 6.88. The van der Waals surface area contributed by atoms with Crippen molar-refractivity contribution in [2.75, 3.05) is 26.7 Å². The average Bonchev–Trinajstić information content (AvgIpc) is 2.72. The van der Waals surface area contributed by atoms with Gasteiger partial charge in [0.25, 0.3) is 0 Å². The van der Waals surface area contributed by atoms with Crippen LogP contribution < -0.4 is 5.73 Å². The molecule has 2 aromatic carbocycles. The molecule has 1 fully saturated rings. The minimum Gasteiger partial charge on any atom is -0.446 e. The molecule has 0 bridgehead atoms. The van der Waals surface area contributed by atoms with E-state index in [1.165, 1.54) is 5.39 Å². The number of allylic oxidation sites excluding steroid dienone is 1. The van der Waals surface area contributed by atoms with Crippen LogP contribution in [-0.2, 0) is 9.47 Å². The number of nitrogens with zero attached hydrogens (tertiary/aromatic N) is 2. The van der Waals surface area contributed by atoms with Crippen LogP contribution in [0.25, 0.3) is 10.8 Å². The SMILES string of the molecule is CCN1CC[C@@]2(OC)OC(N)=C(C#N)[C@@H](c3ccc4ccccc4c3)[C@@H]2C1. The Labute approximate surface area is 160 Å². The van der Waals surface area contributed by atoms with Gasteiger partial charge in [0, 0.05) is 38.5 Å². The monoisotopic (exact) mass is 363 g/mol. The highest BCUT2D eigenvalue weighted by Gasteiger charge is 2.54. The number of ether oxygens (including phenoxy) is 2. The number of benzene rings is 2. The van der Waals surface area contributed by atoms with E-state index in [2.05, 4.69) is 48.2 Å². The molecule has 3 atom stereocenters. The minimum absolute atomic E-state index is 0.000637. The first-order valence-corrected chi connectivity index (χ1v) is 9.47. The molecule has 0 unspecified atom stereocenters. The molecule has 1 saturated heterocycles. The van der Waals surface area contributed by atoms with E-state index in [0.717, 1.165) is 37.0 Å². The quantitative estimate of drug-likeness (QED) is 0.906. The third-order valence-corrected chi connectivity index (χ3v) is 6.10. The number of fused-ring (bicyclic) bond motifs is 2. The highest BCUT2D eigenvalue weighted by atomic mass is 16.7. The van der Waals surface area contributed by atoms with Crippen molar-refractivity contribution < 1.29 is 9.47 Å². The second-order valence-corrected chi connectivity index (χ2v) is 7.34. The Balaban J connectivity index is 1.87. The van der Waals surface area contributed by atoms with Crippen molar-refractivity contribution in [2.45, 2.75) is 25.0 Å². The van der Waals surface area contributed by atoms with E-state index in [0.29, 0.717) is 5.57 Å². The molecule has 2 aliphatic rings. The number of piperidine rings is 1. The number of likely N-dealkylation sites (tertiary alicyclic amines) is 1. The zero-order valence-electron chi connectivity index (χ0n) is 15.8. The molecular formula is C22H25N3O2. The molecule has 2 aromatic rings. The topological polar surface area (TPSA) is 71.5 Å². The van der Waals surface area contributed by atoms with Gasteiger partial charge < -0.3 is 20.1 Å². The Morgan fingerprint density at radius 3 is 2.78 bits per heavy atom. The van der Waals surface area contributed by atoms with Gasteiger partial charge in [-0.05, 0) is 22.9 Å². The summed E-state index contributed by atoms with van der Waals surface area (Å²) in [5.74, 6) is -0.743. The number of nitrogens with two attached hydrogens (primary N) is 1. The predicted octanol–water partition coefficient (Wildman–Crippen LogP) is 3.33. The molecule has 2 aliphatic heterocycles. The molecule has 5 heteroatoms. The maximum absolute atomic E-state index is 9.85. The Morgan fingerprint density at radius 2 is 2.07 bits per heavy atom. The van der Waals surface area contributed by atoms with Gasteiger partial charge in [-0.2, -0.15) is 5.26 Å². The fourth-order valence-corrected chi connectivity index (χ4v) is 4.60. The highest BCUT2D eigenvalue weighted by Crippen LogP contribution is 2.49. The van der Waals surface area contributed by atoms with E-state index >= 15 is 0 Å². The summed E-state index contributed by atoms with van der Waals surface area (Å²) in [6.45, 7) is 4.81. The fourth-order valence-electron chi connectivity index (χ4n) is 4.60. The number of hydrogen-bond donors (Lipinski definition) is 1. The van der Waals surface area contributed by atoms with Crippen LogP contribution in [0.2, 0.25) is 0 Å². The van der Waals surface area contributed by atoms with Gasteiger partial charge >= 0.3 is 0 Å². The Morgan fingerprint density at radius 1 is 1.30 bits per heavy atom. The molecule has 5 nitrogen and oxygen atoms in total. The minimum atomic E-state index is -0.785. The van der Waals surface area contributed by atoms with Crippen molar-refractivity contribution in [2.24, 2.45) is 11.7 Å². The predicted molar refractivity (Wildman–Crippen MR) is 105 cm³/mol. The molecule has 27 heavy (non-hydrogen) atoms. The van der Waals surface area contributed by atoms with E-state index in [9.17, 15) is 5.26 Å². The van der Waals surface area contributed by atoms with Crippen LogP contribution in [0.3, 0.4) is 0 Å². The lowest BCUT2D eigenvalue weighted by atomic mass is 9.71. The van der Waals surface area contributed by atoms with E-state index < -0.39 is 5.79 Å². The molecule has 0 amide bonds. The summed E-state index contributed by atoms with van der Waals surface area (Å²) in [4.78, 5) is 2.38. The highest BCUT2D eigenvalue weighted by molar-refractivity contribution is 5.83. The number of hydrogen-bond acceptors (Lipinski definition) is 5. The normalized spacial score (nSPS) is 28.5. The van der Waals surface area contributed by atoms with Gasteiger partial charge in [-0.1, -0.05) is 49.4 Å². The first-order valence-electron chi connectivity index (χ1n) is 9.47. The lowest BCUT2D eigenvalue weighted by Crippen LogP contribution is -2.58. The van der Waals surface area contributed by atoms with E-state index in [4.69, 9.17) is 15.2 Å². The van der Waals surface area contributed by atoms with Crippen molar-refractivity contribution in [3.05, 3.63) is 59.5 Å². The van der Waals surface area contributed by atoms with Crippen LogP contribution in [0.4, 0.5) is 0 Å². The van der Waals surface area contributed by atoms with Crippen LogP contribution in [0.5, 0.6) is 0 Å². The second-order valence-electron chi connectivity index (χ2n) is 7.34. The van der Waals surface area contributed by atoms with Crippen LogP contribution in [0.1, 0.15) is 24.8 Å². The van der Waals surface area contributed by atoms with Gasteiger partial charge in [-0.3, -0.25) is 0 Å². The van der Waals surface area contributed by atoms with Crippen molar-refractivity contribution in [3.8, 4) is 6.07 Å². The lowest BCUT2D eigenvalue weighted by molar-refractivity contribution is -0.265. The molecule has 140 valence electrons. The average molecular weight is 363 g/mol. The van der Waals surface area contributed by atoms with Crippen molar-refractivity contribution in [3.63, 3.8) is 0 Å². The third kappa shape index (κ3) is 2.86. The molecule has 0 spiro atoms. The van der Waals surface area contributed by atoms with E-state index in [1.807, 2.05) is 12.1 Å². The molecule has 2 heterocycles. The van der Waals surface area contributed by atoms with E-state index in [-0.39, 0.29) is 17.7 Å². The maximum Gasteiger partial charge on any atom is 0.218 e. The van der Waals surface area contributed by atoms with Crippen molar-refractivity contribution >= 4 is 10.8 Å². The van der Waals surface area contributed by atoms with Crippen LogP contribution >= 0.6 is 0 Å². The van der Waals surface area contributed by atoms with Gasteiger partial charge in [0.2, 0.25) is 11.7 Å².